The summed E-state index contributed by atoms with van der Waals surface area (Å²) in [5.74, 6) is 0.591. The molecule has 1 heterocycles. The number of nitrogens with one attached hydrogen (secondary N) is 1. The van der Waals surface area contributed by atoms with Gasteiger partial charge >= 0.3 is 0 Å². The Hall–Kier alpha value is -4.25. The molecule has 0 radical (unpaired) electrons. The van der Waals surface area contributed by atoms with Gasteiger partial charge in [-0.15, -0.1) is 0 Å². The Morgan fingerprint density at radius 2 is 1.70 bits per heavy atom. The number of amides is 2. The number of hydrogen-bond donors (Lipinski definition) is 1. The Balaban J connectivity index is 1.72. The van der Waals surface area contributed by atoms with Gasteiger partial charge in [-0.1, -0.05) is 42.5 Å². The number of likely N-dealkylation sites (N-methyl/N-ethyl adjacent to an activating group) is 1. The minimum absolute atomic E-state index is 0.0264. The number of ether oxygens (including phenoxy) is 3. The van der Waals surface area contributed by atoms with Crippen molar-refractivity contribution >= 4 is 27.5 Å². The number of hydrogen-bond acceptors (Lipinski definition) is 7. The van der Waals surface area contributed by atoms with Crippen LogP contribution in [-0.4, -0.2) is 64.4 Å². The summed E-state index contributed by atoms with van der Waals surface area (Å²) in [7, 11) is -2.35. The summed E-state index contributed by atoms with van der Waals surface area (Å²) in [5.41, 5.74) is 1.83. The second kappa shape index (κ2) is 12.7. The minimum Gasteiger partial charge on any atom is -0.497 e. The lowest BCUT2D eigenvalue weighted by Gasteiger charge is -2.33. The molecule has 0 saturated carbocycles. The van der Waals surface area contributed by atoms with Gasteiger partial charge in [0, 0.05) is 25.6 Å². The molecule has 2 amide bonds. The van der Waals surface area contributed by atoms with E-state index in [0.717, 1.165) is 21.7 Å². The van der Waals surface area contributed by atoms with E-state index in [9.17, 15) is 18.0 Å². The monoisotopic (exact) mass is 567 g/mol. The SMILES string of the molecule is CCNC(=O)C(Cc1ccccc1)N(Cc1cccc(OC)c1)C(=O)CN(c1ccc2c(c1)OCO2)S(C)(=O)=O. The van der Waals surface area contributed by atoms with Crippen molar-refractivity contribution in [3.63, 3.8) is 0 Å². The Labute approximate surface area is 234 Å². The van der Waals surface area contributed by atoms with Crippen molar-refractivity contribution in [2.75, 3.05) is 37.6 Å². The molecular weight excluding hydrogens is 534 g/mol. The molecule has 3 aromatic carbocycles. The third-order valence-corrected chi connectivity index (χ3v) is 7.57. The van der Waals surface area contributed by atoms with Crippen molar-refractivity contribution < 1.29 is 32.2 Å². The van der Waals surface area contributed by atoms with E-state index in [1.807, 2.05) is 36.4 Å². The van der Waals surface area contributed by atoms with Gasteiger partial charge in [-0.25, -0.2) is 8.42 Å². The van der Waals surface area contributed by atoms with Crippen LogP contribution < -0.4 is 23.8 Å². The van der Waals surface area contributed by atoms with Crippen LogP contribution in [0.15, 0.2) is 72.8 Å². The molecule has 0 saturated heterocycles. The molecule has 1 unspecified atom stereocenters. The molecule has 0 aliphatic carbocycles. The van der Waals surface area contributed by atoms with Gasteiger partial charge in [-0.05, 0) is 42.3 Å². The number of benzene rings is 3. The van der Waals surface area contributed by atoms with Crippen molar-refractivity contribution in [3.05, 3.63) is 83.9 Å². The van der Waals surface area contributed by atoms with Gasteiger partial charge in [0.15, 0.2) is 11.5 Å². The van der Waals surface area contributed by atoms with Gasteiger partial charge in [-0.3, -0.25) is 13.9 Å². The van der Waals surface area contributed by atoms with Gasteiger partial charge in [0.05, 0.1) is 19.1 Å². The van der Waals surface area contributed by atoms with E-state index >= 15 is 0 Å². The summed E-state index contributed by atoms with van der Waals surface area (Å²) >= 11 is 0. The molecule has 0 aromatic heterocycles. The van der Waals surface area contributed by atoms with Crippen molar-refractivity contribution in [3.8, 4) is 17.2 Å². The zero-order valence-electron chi connectivity index (χ0n) is 22.7. The first-order valence-electron chi connectivity index (χ1n) is 12.8. The van der Waals surface area contributed by atoms with Crippen LogP contribution in [0.4, 0.5) is 5.69 Å². The Morgan fingerprint density at radius 3 is 2.40 bits per heavy atom. The van der Waals surface area contributed by atoms with E-state index in [0.29, 0.717) is 23.8 Å². The van der Waals surface area contributed by atoms with Crippen LogP contribution in [0.25, 0.3) is 0 Å². The van der Waals surface area contributed by atoms with Gasteiger partial charge < -0.3 is 24.4 Å². The second-order valence-corrected chi connectivity index (χ2v) is 11.2. The van der Waals surface area contributed by atoms with Crippen LogP contribution >= 0.6 is 0 Å². The van der Waals surface area contributed by atoms with Gasteiger partial charge in [-0.2, -0.15) is 0 Å². The fourth-order valence-corrected chi connectivity index (χ4v) is 5.31. The highest BCUT2D eigenvalue weighted by atomic mass is 32.2. The van der Waals surface area contributed by atoms with Crippen LogP contribution in [0.2, 0.25) is 0 Å². The van der Waals surface area contributed by atoms with Crippen LogP contribution in [-0.2, 0) is 32.6 Å². The lowest BCUT2D eigenvalue weighted by atomic mass is 10.0. The standard InChI is InChI=1S/C29H33N3O7S/c1-4-30-29(34)25(16-21-9-6-5-7-10-21)31(18-22-11-8-12-24(15-22)37-2)28(33)19-32(40(3,35)36)23-13-14-26-27(17-23)39-20-38-26/h5-15,17,25H,4,16,18-20H2,1-3H3,(H,30,34). The highest BCUT2D eigenvalue weighted by Gasteiger charge is 2.33. The van der Waals surface area contributed by atoms with E-state index in [4.69, 9.17) is 14.2 Å². The first-order chi connectivity index (χ1) is 19.2. The van der Waals surface area contributed by atoms with Crippen molar-refractivity contribution in [2.45, 2.75) is 25.9 Å². The number of anilines is 1. The number of carbonyl (C=O) groups is 2. The Kier molecular flexibility index (Phi) is 9.15. The molecule has 1 aliphatic heterocycles. The number of sulfonamides is 1. The minimum atomic E-state index is -3.89. The zero-order valence-corrected chi connectivity index (χ0v) is 23.5. The second-order valence-electron chi connectivity index (χ2n) is 9.28. The Bertz CT molecular complexity index is 1450. The van der Waals surface area contributed by atoms with Crippen LogP contribution in [0.1, 0.15) is 18.1 Å². The highest BCUT2D eigenvalue weighted by molar-refractivity contribution is 7.92. The molecule has 0 spiro atoms. The lowest BCUT2D eigenvalue weighted by molar-refractivity contribution is -0.140. The fourth-order valence-electron chi connectivity index (χ4n) is 4.47. The normalized spacial score (nSPS) is 12.9. The van der Waals surface area contributed by atoms with E-state index in [1.54, 1.807) is 44.4 Å². The predicted molar refractivity (Wildman–Crippen MR) is 151 cm³/mol. The quantitative estimate of drug-likeness (QED) is 0.358. The highest BCUT2D eigenvalue weighted by Crippen LogP contribution is 2.36. The Morgan fingerprint density at radius 1 is 0.975 bits per heavy atom. The number of methoxy groups -OCH3 is 1. The fraction of sp³-hybridized carbons (Fsp3) is 0.310. The van der Waals surface area contributed by atoms with Gasteiger partial charge in [0.2, 0.25) is 28.6 Å². The number of nitrogens with zero attached hydrogens (tertiary/aromatic N) is 2. The van der Waals surface area contributed by atoms with Crippen molar-refractivity contribution in [2.24, 2.45) is 0 Å². The first kappa shape index (κ1) is 28.8. The first-order valence-corrected chi connectivity index (χ1v) is 14.7. The number of fused-ring (bicyclic) bond motifs is 1. The van der Waals surface area contributed by atoms with Crippen LogP contribution in [0.5, 0.6) is 17.2 Å². The molecule has 0 fully saturated rings. The van der Waals surface area contributed by atoms with E-state index < -0.39 is 28.5 Å². The molecule has 40 heavy (non-hydrogen) atoms. The molecular formula is C29H33N3O7S. The predicted octanol–water partition coefficient (Wildman–Crippen LogP) is 2.97. The maximum atomic E-state index is 14.1. The molecule has 1 N–H and O–H groups in total. The summed E-state index contributed by atoms with van der Waals surface area (Å²) < 4.78 is 42.9. The molecule has 3 aromatic rings. The molecule has 11 heteroatoms. The summed E-state index contributed by atoms with van der Waals surface area (Å²) in [6.07, 6.45) is 1.27. The van der Waals surface area contributed by atoms with Crippen LogP contribution in [0, 0.1) is 0 Å². The van der Waals surface area contributed by atoms with E-state index in [1.165, 1.54) is 11.0 Å². The van der Waals surface area contributed by atoms with Crippen molar-refractivity contribution in [1.82, 2.24) is 10.2 Å². The molecule has 1 aliphatic rings. The third kappa shape index (κ3) is 7.03. The average Bonchev–Trinajstić information content (AvgIpc) is 3.41. The molecule has 10 nitrogen and oxygen atoms in total. The lowest BCUT2D eigenvalue weighted by Crippen LogP contribution is -2.53. The van der Waals surface area contributed by atoms with Crippen molar-refractivity contribution in [1.29, 1.82) is 0 Å². The van der Waals surface area contributed by atoms with Crippen LogP contribution in [0.3, 0.4) is 0 Å². The third-order valence-electron chi connectivity index (χ3n) is 6.43. The zero-order chi connectivity index (χ0) is 28.7. The number of carbonyl (C=O) groups excluding carboxylic acids is 2. The van der Waals surface area contributed by atoms with Gasteiger partial charge in [0.1, 0.15) is 18.3 Å². The average molecular weight is 568 g/mol. The molecule has 4 rings (SSSR count). The summed E-state index contributed by atoms with van der Waals surface area (Å²) in [6.45, 7) is 1.74. The number of rotatable bonds is 12. The molecule has 212 valence electrons. The summed E-state index contributed by atoms with van der Waals surface area (Å²) in [4.78, 5) is 28.9. The summed E-state index contributed by atoms with van der Waals surface area (Å²) in [5, 5.41) is 2.83. The molecule has 0 bridgehead atoms. The molecule has 1 atom stereocenters. The largest absolute Gasteiger partial charge is 0.497 e. The van der Waals surface area contributed by atoms with Gasteiger partial charge in [0.25, 0.3) is 0 Å². The summed E-state index contributed by atoms with van der Waals surface area (Å²) in [6, 6.07) is 20.3. The van der Waals surface area contributed by atoms with E-state index in [2.05, 4.69) is 5.32 Å². The maximum Gasteiger partial charge on any atom is 0.244 e. The van der Waals surface area contributed by atoms with E-state index in [-0.39, 0.29) is 31.4 Å². The topological polar surface area (TPSA) is 114 Å². The maximum absolute atomic E-state index is 14.1. The smallest absolute Gasteiger partial charge is 0.244 e.